The van der Waals surface area contributed by atoms with Crippen LogP contribution in [0, 0.1) is 5.41 Å². The van der Waals surface area contributed by atoms with Gasteiger partial charge in [0.1, 0.15) is 6.54 Å². The number of benzene rings is 3. The number of aromatic nitrogens is 1. The highest BCUT2D eigenvalue weighted by Gasteiger charge is 2.10. The number of primary amides is 1. The fourth-order valence-corrected chi connectivity index (χ4v) is 3.03. The summed E-state index contributed by atoms with van der Waals surface area (Å²) in [5.74, 6) is -0.787. The summed E-state index contributed by atoms with van der Waals surface area (Å²) < 4.78 is 1.79. The minimum Gasteiger partial charge on any atom is -0.504 e. The summed E-state index contributed by atoms with van der Waals surface area (Å²) in [7, 11) is 0. The molecule has 0 saturated heterocycles. The Balaban J connectivity index is 0.000000204. The molecule has 1 amide bonds. The summed E-state index contributed by atoms with van der Waals surface area (Å²) in [5.41, 5.74) is 7.30. The number of nitrogens with one attached hydrogen (secondary N) is 1. The van der Waals surface area contributed by atoms with E-state index in [2.05, 4.69) is 0 Å². The van der Waals surface area contributed by atoms with Gasteiger partial charge in [-0.25, -0.2) is 0 Å². The van der Waals surface area contributed by atoms with Gasteiger partial charge in [-0.15, -0.1) is 0 Å². The number of nitrogens with two attached hydrogens (primary N) is 1. The predicted octanol–water partition coefficient (Wildman–Crippen LogP) is 2.74. The number of amides is 1. The van der Waals surface area contributed by atoms with Crippen LogP contribution in [-0.4, -0.2) is 26.9 Å². The van der Waals surface area contributed by atoms with E-state index < -0.39 is 5.91 Å². The molecule has 0 spiro atoms. The van der Waals surface area contributed by atoms with E-state index in [4.69, 9.17) is 21.4 Å². The molecule has 146 valence electrons. The van der Waals surface area contributed by atoms with Gasteiger partial charge in [0.2, 0.25) is 5.91 Å². The molecule has 0 unspecified atom stereocenters. The first-order valence-corrected chi connectivity index (χ1v) is 8.73. The maximum Gasteiger partial charge on any atom is 0.237 e. The number of phenols is 2. The standard InChI is InChI=1S/C15H12N2O2.C7H7NO2/c16-14(18)9-17-12-7-3-1-5-10(12)15(19)11-6-2-4-8-13(11)17;8-4-5-1-2-6(9)7(10)3-5/h1-8H,9H2,(H2,16,18);1-4,8-10H. The van der Waals surface area contributed by atoms with Crippen molar-refractivity contribution in [2.24, 2.45) is 5.73 Å². The average molecular weight is 389 g/mol. The zero-order chi connectivity index (χ0) is 21.0. The van der Waals surface area contributed by atoms with Crippen LogP contribution in [0.3, 0.4) is 0 Å². The summed E-state index contributed by atoms with van der Waals surface area (Å²) in [6.45, 7) is 0.0569. The molecule has 0 bridgehead atoms. The van der Waals surface area contributed by atoms with Crippen LogP contribution in [0.5, 0.6) is 11.5 Å². The van der Waals surface area contributed by atoms with Gasteiger partial charge in [-0.2, -0.15) is 0 Å². The number of phenolic OH excluding ortho intramolecular Hbond substituents is 2. The molecule has 4 aromatic rings. The number of aromatic hydroxyl groups is 2. The molecule has 29 heavy (non-hydrogen) atoms. The minimum absolute atomic E-state index is 0.0214. The topological polar surface area (TPSA) is 129 Å². The molecule has 0 fully saturated rings. The SMILES string of the molecule is N=Cc1ccc(O)c(O)c1.NC(=O)Cn1c2ccccc2c(=O)c2ccccc21. The Hall–Kier alpha value is -4.13. The van der Waals surface area contributed by atoms with Gasteiger partial charge in [-0.05, 0) is 48.0 Å². The fraction of sp³-hybridized carbons (Fsp3) is 0.0455. The molecule has 3 aromatic carbocycles. The third kappa shape index (κ3) is 4.08. The zero-order valence-electron chi connectivity index (χ0n) is 15.4. The quantitative estimate of drug-likeness (QED) is 0.244. The van der Waals surface area contributed by atoms with E-state index in [-0.39, 0.29) is 23.5 Å². The maximum atomic E-state index is 12.4. The molecule has 5 N–H and O–H groups in total. The van der Waals surface area contributed by atoms with Crippen LogP contribution in [0.4, 0.5) is 0 Å². The van der Waals surface area contributed by atoms with E-state index in [0.717, 1.165) is 17.2 Å². The largest absolute Gasteiger partial charge is 0.504 e. The molecular weight excluding hydrogens is 370 g/mol. The van der Waals surface area contributed by atoms with Crippen LogP contribution in [0.15, 0.2) is 71.5 Å². The van der Waals surface area contributed by atoms with Crippen LogP contribution >= 0.6 is 0 Å². The number of nitrogens with zero attached hydrogens (tertiary/aromatic N) is 1. The Morgan fingerprint density at radius 3 is 1.97 bits per heavy atom. The van der Waals surface area contributed by atoms with Crippen molar-refractivity contribution in [1.82, 2.24) is 4.57 Å². The van der Waals surface area contributed by atoms with Crippen molar-refractivity contribution in [2.75, 3.05) is 0 Å². The number of fused-ring (bicyclic) bond motifs is 2. The van der Waals surface area contributed by atoms with Gasteiger partial charge in [0.25, 0.3) is 0 Å². The third-order valence-corrected chi connectivity index (χ3v) is 4.36. The highest BCUT2D eigenvalue weighted by Crippen LogP contribution is 2.23. The number of rotatable bonds is 3. The van der Waals surface area contributed by atoms with Crippen molar-refractivity contribution in [2.45, 2.75) is 6.54 Å². The maximum absolute atomic E-state index is 12.4. The molecule has 1 heterocycles. The van der Waals surface area contributed by atoms with Gasteiger partial charge in [-0.3, -0.25) is 9.59 Å². The number of pyridine rings is 1. The van der Waals surface area contributed by atoms with Crippen LogP contribution in [0.1, 0.15) is 5.56 Å². The van der Waals surface area contributed by atoms with E-state index in [9.17, 15) is 9.59 Å². The number of hydrogen-bond donors (Lipinski definition) is 4. The van der Waals surface area contributed by atoms with Crippen molar-refractivity contribution in [3.05, 3.63) is 82.5 Å². The van der Waals surface area contributed by atoms with Crippen molar-refractivity contribution < 1.29 is 15.0 Å². The first-order chi connectivity index (χ1) is 13.9. The van der Waals surface area contributed by atoms with Gasteiger partial charge in [0.15, 0.2) is 16.9 Å². The summed E-state index contributed by atoms with van der Waals surface area (Å²) in [5, 5.41) is 25.7. The Kier molecular flexibility index (Phi) is 5.59. The Labute approximate surface area is 165 Å². The summed E-state index contributed by atoms with van der Waals surface area (Å²) in [6, 6.07) is 18.7. The highest BCUT2D eigenvalue weighted by atomic mass is 16.3. The van der Waals surface area contributed by atoms with Crippen LogP contribution in [-0.2, 0) is 11.3 Å². The van der Waals surface area contributed by atoms with Gasteiger partial charge in [0, 0.05) is 17.0 Å². The Bertz CT molecular complexity index is 1220. The normalized spacial score (nSPS) is 10.3. The second kappa shape index (κ2) is 8.26. The number of hydrogen-bond acceptors (Lipinski definition) is 5. The Morgan fingerprint density at radius 2 is 1.48 bits per heavy atom. The van der Waals surface area contributed by atoms with E-state index in [1.54, 1.807) is 22.8 Å². The summed E-state index contributed by atoms with van der Waals surface area (Å²) in [4.78, 5) is 23.7. The lowest BCUT2D eigenvalue weighted by atomic mass is 10.1. The molecule has 0 aliphatic rings. The summed E-state index contributed by atoms with van der Waals surface area (Å²) in [6.07, 6.45) is 1.10. The smallest absolute Gasteiger partial charge is 0.237 e. The molecule has 7 heteroatoms. The number of carbonyl (C=O) groups is 1. The van der Waals surface area contributed by atoms with Crippen LogP contribution in [0.2, 0.25) is 0 Å². The first-order valence-electron chi connectivity index (χ1n) is 8.73. The zero-order valence-corrected chi connectivity index (χ0v) is 15.4. The molecule has 0 radical (unpaired) electrons. The van der Waals surface area contributed by atoms with Crippen molar-refractivity contribution in [3.8, 4) is 11.5 Å². The average Bonchev–Trinajstić information content (AvgIpc) is 2.73. The van der Waals surface area contributed by atoms with Crippen molar-refractivity contribution >= 4 is 33.9 Å². The van der Waals surface area contributed by atoms with Gasteiger partial charge < -0.3 is 25.9 Å². The van der Waals surface area contributed by atoms with Crippen molar-refractivity contribution in [1.29, 1.82) is 5.41 Å². The van der Waals surface area contributed by atoms with E-state index in [1.165, 1.54) is 12.1 Å². The number of carbonyl (C=O) groups excluding carboxylic acids is 1. The lowest BCUT2D eigenvalue weighted by Crippen LogP contribution is -2.21. The lowest BCUT2D eigenvalue weighted by molar-refractivity contribution is -0.118. The van der Waals surface area contributed by atoms with Gasteiger partial charge in [0.05, 0.1) is 11.0 Å². The molecular formula is C22H19N3O4. The Morgan fingerprint density at radius 1 is 0.931 bits per heavy atom. The van der Waals surface area contributed by atoms with E-state index >= 15 is 0 Å². The molecule has 7 nitrogen and oxygen atoms in total. The minimum atomic E-state index is -0.432. The van der Waals surface area contributed by atoms with Crippen molar-refractivity contribution in [3.63, 3.8) is 0 Å². The second-order valence-electron chi connectivity index (χ2n) is 6.31. The predicted molar refractivity (Wildman–Crippen MR) is 113 cm³/mol. The molecule has 0 aliphatic carbocycles. The molecule has 0 atom stereocenters. The van der Waals surface area contributed by atoms with Crippen LogP contribution in [0.25, 0.3) is 21.8 Å². The first kappa shape index (κ1) is 19.6. The third-order valence-electron chi connectivity index (χ3n) is 4.36. The van der Waals surface area contributed by atoms with E-state index in [0.29, 0.717) is 16.3 Å². The number of para-hydroxylation sites is 2. The lowest BCUT2D eigenvalue weighted by Gasteiger charge is -2.13. The molecule has 1 aromatic heterocycles. The van der Waals surface area contributed by atoms with Gasteiger partial charge in [-0.1, -0.05) is 24.3 Å². The second-order valence-corrected chi connectivity index (χ2v) is 6.31. The molecule has 0 saturated carbocycles. The fourth-order valence-electron chi connectivity index (χ4n) is 3.03. The van der Waals surface area contributed by atoms with Crippen LogP contribution < -0.4 is 11.2 Å². The monoisotopic (exact) mass is 389 g/mol. The summed E-state index contributed by atoms with van der Waals surface area (Å²) >= 11 is 0. The molecule has 4 rings (SSSR count). The van der Waals surface area contributed by atoms with Gasteiger partial charge >= 0.3 is 0 Å². The van der Waals surface area contributed by atoms with E-state index in [1.807, 2.05) is 36.4 Å². The highest BCUT2D eigenvalue weighted by molar-refractivity contribution is 5.94. The molecule has 0 aliphatic heterocycles.